The Morgan fingerprint density at radius 1 is 1.40 bits per heavy atom. The molecule has 1 aromatic carbocycles. The van der Waals surface area contributed by atoms with E-state index in [1.165, 1.54) is 22.6 Å². The third-order valence-corrected chi connectivity index (χ3v) is 6.03. The van der Waals surface area contributed by atoms with Gasteiger partial charge in [0, 0.05) is 15.5 Å². The predicted molar refractivity (Wildman–Crippen MR) is 103 cm³/mol. The zero-order valence-corrected chi connectivity index (χ0v) is 15.7. The molecule has 1 aliphatic rings. The van der Waals surface area contributed by atoms with Gasteiger partial charge in [-0.2, -0.15) is 0 Å². The summed E-state index contributed by atoms with van der Waals surface area (Å²) in [6, 6.07) is 6.73. The number of benzene rings is 1. The van der Waals surface area contributed by atoms with Gasteiger partial charge in [-0.15, -0.1) is 11.3 Å². The standard InChI is InChI=1S/C19H21ClN2O2S/c1-2-4-11-7-8-14-15(9-11)25-19(16(14)17(21)23)22-18(24)12-5-3-6-13(20)10-12/h3,5-6,10-11H,2,4,7-9H2,1H3,(H2,21,23)(H,22,24)/t11-/m0/s1. The van der Waals surface area contributed by atoms with Crippen LogP contribution in [0.25, 0.3) is 0 Å². The highest BCUT2D eigenvalue weighted by Crippen LogP contribution is 2.40. The Hall–Kier alpha value is -1.85. The molecule has 1 aliphatic carbocycles. The number of rotatable bonds is 5. The molecular formula is C19H21ClN2O2S. The number of hydrogen-bond acceptors (Lipinski definition) is 3. The number of fused-ring (bicyclic) bond motifs is 1. The molecule has 0 saturated carbocycles. The fraction of sp³-hybridized carbons (Fsp3) is 0.368. The number of amides is 2. The molecule has 0 radical (unpaired) electrons. The van der Waals surface area contributed by atoms with Gasteiger partial charge in [-0.25, -0.2) is 0 Å². The molecule has 4 nitrogen and oxygen atoms in total. The number of anilines is 1. The second-order valence-corrected chi connectivity index (χ2v) is 7.98. The van der Waals surface area contributed by atoms with E-state index >= 15 is 0 Å². The van der Waals surface area contributed by atoms with Crippen molar-refractivity contribution in [3.05, 3.63) is 50.9 Å². The Bertz CT molecular complexity index is 816. The lowest BCUT2D eigenvalue weighted by Gasteiger charge is -2.21. The number of carbonyl (C=O) groups excluding carboxylic acids is 2. The largest absolute Gasteiger partial charge is 0.365 e. The average molecular weight is 377 g/mol. The van der Waals surface area contributed by atoms with Crippen molar-refractivity contribution in [2.75, 3.05) is 5.32 Å². The summed E-state index contributed by atoms with van der Waals surface area (Å²) in [5.74, 6) is -0.116. The van der Waals surface area contributed by atoms with Gasteiger partial charge in [0.2, 0.25) is 0 Å². The summed E-state index contributed by atoms with van der Waals surface area (Å²) in [5.41, 5.74) is 7.56. The number of primary amides is 1. The molecule has 0 unspecified atom stereocenters. The number of carbonyl (C=O) groups is 2. The molecule has 2 amide bonds. The van der Waals surface area contributed by atoms with Crippen LogP contribution in [-0.4, -0.2) is 11.8 Å². The zero-order valence-electron chi connectivity index (χ0n) is 14.1. The normalized spacial score (nSPS) is 16.3. The second-order valence-electron chi connectivity index (χ2n) is 6.43. The SMILES string of the molecule is CCC[C@H]1CCc2c(sc(NC(=O)c3cccc(Cl)c3)c2C(N)=O)C1. The molecule has 2 aromatic rings. The second kappa shape index (κ2) is 7.58. The Morgan fingerprint density at radius 2 is 2.20 bits per heavy atom. The van der Waals surface area contributed by atoms with Crippen LogP contribution in [0.3, 0.4) is 0 Å². The highest BCUT2D eigenvalue weighted by molar-refractivity contribution is 7.17. The lowest BCUT2D eigenvalue weighted by atomic mass is 9.84. The highest BCUT2D eigenvalue weighted by atomic mass is 35.5. The van der Waals surface area contributed by atoms with Crippen LogP contribution in [0, 0.1) is 5.92 Å². The van der Waals surface area contributed by atoms with Gasteiger partial charge >= 0.3 is 0 Å². The van der Waals surface area contributed by atoms with E-state index in [4.69, 9.17) is 17.3 Å². The van der Waals surface area contributed by atoms with Crippen LogP contribution >= 0.6 is 22.9 Å². The van der Waals surface area contributed by atoms with Crippen molar-refractivity contribution >= 4 is 39.8 Å². The molecule has 3 N–H and O–H groups in total. The maximum atomic E-state index is 12.5. The van der Waals surface area contributed by atoms with E-state index in [2.05, 4.69) is 12.2 Å². The van der Waals surface area contributed by atoms with Crippen LogP contribution in [0.5, 0.6) is 0 Å². The van der Waals surface area contributed by atoms with E-state index in [0.29, 0.717) is 27.1 Å². The summed E-state index contributed by atoms with van der Waals surface area (Å²) in [4.78, 5) is 25.7. The summed E-state index contributed by atoms with van der Waals surface area (Å²) >= 11 is 7.43. The number of nitrogens with one attached hydrogen (secondary N) is 1. The van der Waals surface area contributed by atoms with Crippen LogP contribution in [0.1, 0.15) is 57.3 Å². The molecule has 25 heavy (non-hydrogen) atoms. The zero-order chi connectivity index (χ0) is 18.0. The monoisotopic (exact) mass is 376 g/mol. The molecule has 1 heterocycles. The Labute approximate surface area is 156 Å². The van der Waals surface area contributed by atoms with Crippen LogP contribution in [0.2, 0.25) is 5.02 Å². The van der Waals surface area contributed by atoms with Gasteiger partial charge in [0.1, 0.15) is 5.00 Å². The molecule has 0 fully saturated rings. The summed E-state index contributed by atoms with van der Waals surface area (Å²) in [6.07, 6.45) is 5.22. The van der Waals surface area contributed by atoms with E-state index in [-0.39, 0.29) is 5.91 Å². The first-order valence-electron chi connectivity index (χ1n) is 8.50. The minimum absolute atomic E-state index is 0.284. The molecule has 6 heteroatoms. The molecule has 3 rings (SSSR count). The number of nitrogens with two attached hydrogens (primary N) is 1. The fourth-order valence-corrected chi connectivity index (χ4v) is 5.02. The van der Waals surface area contributed by atoms with Gasteiger partial charge in [0.15, 0.2) is 0 Å². The minimum atomic E-state index is -0.479. The molecule has 1 aromatic heterocycles. The van der Waals surface area contributed by atoms with Crippen LogP contribution in [0.15, 0.2) is 24.3 Å². The predicted octanol–water partition coefficient (Wildman–Crippen LogP) is 4.66. The lowest BCUT2D eigenvalue weighted by molar-refractivity contribution is 0.1000. The summed E-state index contributed by atoms with van der Waals surface area (Å²) in [6.45, 7) is 2.19. The third kappa shape index (κ3) is 3.88. The average Bonchev–Trinajstić information content (AvgIpc) is 2.92. The Kier molecular flexibility index (Phi) is 5.45. The number of halogens is 1. The maximum Gasteiger partial charge on any atom is 0.256 e. The molecule has 1 atom stereocenters. The van der Waals surface area contributed by atoms with Crippen LogP contribution in [-0.2, 0) is 12.8 Å². The van der Waals surface area contributed by atoms with E-state index in [1.807, 2.05) is 0 Å². The van der Waals surface area contributed by atoms with Gasteiger partial charge < -0.3 is 11.1 Å². The quantitative estimate of drug-likeness (QED) is 0.796. The van der Waals surface area contributed by atoms with E-state index in [9.17, 15) is 9.59 Å². The fourth-order valence-electron chi connectivity index (χ4n) is 3.46. The molecule has 132 valence electrons. The molecule has 0 bridgehead atoms. The van der Waals surface area contributed by atoms with Gasteiger partial charge in [-0.3, -0.25) is 9.59 Å². The first kappa shape index (κ1) is 18.0. The molecular weight excluding hydrogens is 356 g/mol. The van der Waals surface area contributed by atoms with Crippen molar-refractivity contribution in [2.45, 2.75) is 39.0 Å². The summed E-state index contributed by atoms with van der Waals surface area (Å²) < 4.78 is 0. The van der Waals surface area contributed by atoms with Crippen molar-refractivity contribution in [1.82, 2.24) is 0 Å². The van der Waals surface area contributed by atoms with Crippen molar-refractivity contribution in [1.29, 1.82) is 0 Å². The summed E-state index contributed by atoms with van der Waals surface area (Å²) in [7, 11) is 0. The summed E-state index contributed by atoms with van der Waals surface area (Å²) in [5, 5.41) is 3.91. The van der Waals surface area contributed by atoms with Crippen molar-refractivity contribution in [3.63, 3.8) is 0 Å². The van der Waals surface area contributed by atoms with Crippen molar-refractivity contribution < 1.29 is 9.59 Å². The minimum Gasteiger partial charge on any atom is -0.365 e. The molecule has 0 saturated heterocycles. The molecule has 0 aliphatic heterocycles. The maximum absolute atomic E-state index is 12.5. The Balaban J connectivity index is 1.89. The smallest absolute Gasteiger partial charge is 0.256 e. The first-order chi connectivity index (χ1) is 12.0. The molecule has 0 spiro atoms. The van der Waals surface area contributed by atoms with Crippen LogP contribution in [0.4, 0.5) is 5.00 Å². The van der Waals surface area contributed by atoms with E-state index < -0.39 is 5.91 Å². The van der Waals surface area contributed by atoms with E-state index in [1.54, 1.807) is 24.3 Å². The number of hydrogen-bond donors (Lipinski definition) is 2. The number of thiophene rings is 1. The third-order valence-electron chi connectivity index (χ3n) is 4.62. The Morgan fingerprint density at radius 3 is 2.88 bits per heavy atom. The van der Waals surface area contributed by atoms with Gasteiger partial charge in [-0.1, -0.05) is 37.4 Å². The van der Waals surface area contributed by atoms with Gasteiger partial charge in [0.05, 0.1) is 5.56 Å². The van der Waals surface area contributed by atoms with Gasteiger partial charge in [0.25, 0.3) is 11.8 Å². The van der Waals surface area contributed by atoms with Crippen molar-refractivity contribution in [2.24, 2.45) is 11.7 Å². The highest BCUT2D eigenvalue weighted by Gasteiger charge is 2.28. The van der Waals surface area contributed by atoms with E-state index in [0.717, 1.165) is 31.2 Å². The van der Waals surface area contributed by atoms with Crippen LogP contribution < -0.4 is 11.1 Å². The topological polar surface area (TPSA) is 72.2 Å². The van der Waals surface area contributed by atoms with Crippen molar-refractivity contribution in [3.8, 4) is 0 Å². The first-order valence-corrected chi connectivity index (χ1v) is 9.70. The van der Waals surface area contributed by atoms with Gasteiger partial charge in [-0.05, 0) is 48.9 Å². The lowest BCUT2D eigenvalue weighted by Crippen LogP contribution is -2.20.